The number of piperidine rings is 1. The molecule has 3 aromatic rings. The fraction of sp³-hybridized carbons (Fsp3) is 0.440. The van der Waals surface area contributed by atoms with E-state index in [0.29, 0.717) is 22.5 Å². The zero-order chi connectivity index (χ0) is 25.1. The average molecular weight is 469 g/mol. The van der Waals surface area contributed by atoms with E-state index in [0.717, 1.165) is 5.56 Å². The molecule has 0 unspecified atom stereocenters. The monoisotopic (exact) mass is 468 g/mol. The van der Waals surface area contributed by atoms with Crippen LogP contribution in [-0.2, 0) is 0 Å². The molecule has 184 valence electrons. The number of nitrogens with zero attached hydrogens (tertiary/aromatic N) is 3. The van der Waals surface area contributed by atoms with Gasteiger partial charge in [-0.2, -0.15) is 0 Å². The zero-order valence-corrected chi connectivity index (χ0v) is 20.5. The van der Waals surface area contributed by atoms with Crippen molar-refractivity contribution in [1.82, 2.24) is 20.3 Å². The summed E-state index contributed by atoms with van der Waals surface area (Å²) in [5.74, 6) is 0.154. The van der Waals surface area contributed by atoms with Crippen LogP contribution >= 0.6 is 0 Å². The van der Waals surface area contributed by atoms with Crippen LogP contribution in [0.15, 0.2) is 36.7 Å². The molecule has 1 aromatic carbocycles. The van der Waals surface area contributed by atoms with E-state index in [4.69, 9.17) is 16.2 Å². The van der Waals surface area contributed by atoms with Crippen molar-refractivity contribution in [2.45, 2.75) is 52.6 Å². The summed E-state index contributed by atoms with van der Waals surface area (Å²) in [7, 11) is 0. The minimum absolute atomic E-state index is 0.167. The van der Waals surface area contributed by atoms with Crippen molar-refractivity contribution in [3.8, 4) is 17.0 Å². The Hall–Kier alpha value is -3.30. The van der Waals surface area contributed by atoms with Crippen LogP contribution in [0.5, 0.6) is 5.75 Å². The van der Waals surface area contributed by atoms with Gasteiger partial charge in [0.2, 0.25) is 0 Å². The van der Waals surface area contributed by atoms with Gasteiger partial charge in [-0.05, 0) is 70.1 Å². The van der Waals surface area contributed by atoms with E-state index in [1.54, 1.807) is 44.2 Å². The quantitative estimate of drug-likeness (QED) is 0.445. The number of pyridine rings is 1. The van der Waals surface area contributed by atoms with Crippen LogP contribution in [0.1, 0.15) is 57.3 Å². The van der Waals surface area contributed by atoms with Crippen LogP contribution in [0.2, 0.25) is 0 Å². The SMILES string of the molecule is C1CCNCC1.CC.CC(C)(O)COc1ccc(-c2cc(C(N)=O)c3ncnc(N)c3n2)cc1. The summed E-state index contributed by atoms with van der Waals surface area (Å²) in [5, 5.41) is 13.0. The van der Waals surface area contributed by atoms with Gasteiger partial charge in [-0.25, -0.2) is 15.0 Å². The Morgan fingerprint density at radius 1 is 1.09 bits per heavy atom. The number of nitrogen functional groups attached to an aromatic ring is 1. The molecule has 0 atom stereocenters. The number of rotatable bonds is 5. The Kier molecular flexibility index (Phi) is 10.2. The molecular formula is C25H36N6O3. The van der Waals surface area contributed by atoms with Gasteiger partial charge in [0.25, 0.3) is 5.91 Å². The first-order chi connectivity index (χ1) is 16.2. The summed E-state index contributed by atoms with van der Waals surface area (Å²) < 4.78 is 5.53. The molecule has 0 aliphatic carbocycles. The van der Waals surface area contributed by atoms with Crippen molar-refractivity contribution in [1.29, 1.82) is 0 Å². The summed E-state index contributed by atoms with van der Waals surface area (Å²) in [5.41, 5.74) is 12.5. The number of hydrogen-bond donors (Lipinski definition) is 4. The maximum absolute atomic E-state index is 11.8. The highest BCUT2D eigenvalue weighted by molar-refractivity contribution is 6.06. The van der Waals surface area contributed by atoms with Gasteiger partial charge in [-0.15, -0.1) is 0 Å². The summed E-state index contributed by atoms with van der Waals surface area (Å²) in [6, 6.07) is 8.66. The van der Waals surface area contributed by atoms with E-state index in [1.165, 1.54) is 38.7 Å². The molecule has 1 fully saturated rings. The van der Waals surface area contributed by atoms with Crippen LogP contribution in [0.25, 0.3) is 22.3 Å². The summed E-state index contributed by atoms with van der Waals surface area (Å²) in [6.07, 6.45) is 5.48. The number of carbonyl (C=O) groups excluding carboxylic acids is 1. The number of hydrogen-bond acceptors (Lipinski definition) is 8. The Balaban J connectivity index is 0.000000437. The topological polar surface area (TPSA) is 149 Å². The highest BCUT2D eigenvalue weighted by atomic mass is 16.5. The van der Waals surface area contributed by atoms with Crippen molar-refractivity contribution >= 4 is 22.8 Å². The molecule has 6 N–H and O–H groups in total. The standard InChI is InChI=1S/C18H19N5O3.C5H11N.C2H6/c1-18(2,25)8-26-11-5-3-10(4-6-11)13-7-12(17(20)24)14-15(23-13)16(19)22-9-21-14;1-2-4-6-5-3-1;1-2/h3-7,9,25H,8H2,1-2H3,(H2,20,24)(H2,19,21,22);6H,1-5H2;1-2H3. The van der Waals surface area contributed by atoms with Crippen LogP contribution < -0.4 is 21.5 Å². The van der Waals surface area contributed by atoms with E-state index in [-0.39, 0.29) is 18.0 Å². The maximum atomic E-state index is 11.8. The lowest BCUT2D eigenvalue weighted by Crippen LogP contribution is -2.27. The Morgan fingerprint density at radius 3 is 2.24 bits per heavy atom. The summed E-state index contributed by atoms with van der Waals surface area (Å²) >= 11 is 0. The van der Waals surface area contributed by atoms with Crippen LogP contribution in [0.3, 0.4) is 0 Å². The minimum Gasteiger partial charge on any atom is -0.491 e. The number of ether oxygens (including phenoxy) is 1. The molecule has 3 heterocycles. The van der Waals surface area contributed by atoms with Crippen LogP contribution in [0.4, 0.5) is 5.82 Å². The highest BCUT2D eigenvalue weighted by Gasteiger charge is 2.16. The lowest BCUT2D eigenvalue weighted by atomic mass is 10.1. The van der Waals surface area contributed by atoms with E-state index >= 15 is 0 Å². The molecule has 0 spiro atoms. The second-order valence-electron chi connectivity index (χ2n) is 8.31. The lowest BCUT2D eigenvalue weighted by molar-refractivity contribution is 0.0285. The number of amides is 1. The van der Waals surface area contributed by atoms with Gasteiger partial charge in [-0.3, -0.25) is 4.79 Å². The van der Waals surface area contributed by atoms with Crippen molar-refractivity contribution in [2.24, 2.45) is 5.73 Å². The number of aliphatic hydroxyl groups is 1. The first-order valence-electron chi connectivity index (χ1n) is 11.6. The van der Waals surface area contributed by atoms with Gasteiger partial charge in [0.05, 0.1) is 16.9 Å². The molecule has 0 saturated carbocycles. The summed E-state index contributed by atoms with van der Waals surface area (Å²) in [6.45, 7) is 10.00. The average Bonchev–Trinajstić information content (AvgIpc) is 2.85. The van der Waals surface area contributed by atoms with E-state index in [9.17, 15) is 9.90 Å². The molecular weight excluding hydrogens is 432 g/mol. The van der Waals surface area contributed by atoms with Gasteiger partial charge >= 0.3 is 0 Å². The first-order valence-corrected chi connectivity index (χ1v) is 11.6. The first kappa shape index (κ1) is 26.9. The van der Waals surface area contributed by atoms with E-state index in [2.05, 4.69) is 20.3 Å². The Bertz CT molecular complexity index is 1050. The minimum atomic E-state index is -0.924. The van der Waals surface area contributed by atoms with Crippen LogP contribution in [0, 0.1) is 0 Å². The third kappa shape index (κ3) is 7.93. The molecule has 9 heteroatoms. The number of primary amides is 1. The normalized spacial score (nSPS) is 13.2. The van der Waals surface area contributed by atoms with Gasteiger partial charge in [0.15, 0.2) is 5.82 Å². The van der Waals surface area contributed by atoms with E-state index in [1.807, 2.05) is 13.8 Å². The molecule has 0 bridgehead atoms. The van der Waals surface area contributed by atoms with E-state index < -0.39 is 11.5 Å². The number of nitrogens with one attached hydrogen (secondary N) is 1. The molecule has 0 radical (unpaired) electrons. The predicted molar refractivity (Wildman–Crippen MR) is 136 cm³/mol. The number of fused-ring (bicyclic) bond motifs is 1. The number of benzene rings is 1. The zero-order valence-electron chi connectivity index (χ0n) is 20.5. The van der Waals surface area contributed by atoms with Crippen molar-refractivity contribution in [2.75, 3.05) is 25.4 Å². The third-order valence-electron chi connectivity index (χ3n) is 4.83. The molecule has 2 aromatic heterocycles. The molecule has 1 amide bonds. The second-order valence-corrected chi connectivity index (χ2v) is 8.31. The second kappa shape index (κ2) is 12.8. The maximum Gasteiger partial charge on any atom is 0.251 e. The Morgan fingerprint density at radius 2 is 1.74 bits per heavy atom. The summed E-state index contributed by atoms with van der Waals surface area (Å²) in [4.78, 5) is 24.2. The van der Waals surface area contributed by atoms with Crippen LogP contribution in [-0.4, -0.2) is 51.3 Å². The van der Waals surface area contributed by atoms with Gasteiger partial charge in [0, 0.05) is 5.56 Å². The number of anilines is 1. The number of aromatic nitrogens is 3. The molecule has 9 nitrogen and oxygen atoms in total. The molecule has 34 heavy (non-hydrogen) atoms. The van der Waals surface area contributed by atoms with Crippen molar-refractivity contribution in [3.63, 3.8) is 0 Å². The molecule has 1 aliphatic heterocycles. The fourth-order valence-electron chi connectivity index (χ4n) is 3.18. The molecule has 1 aliphatic rings. The lowest BCUT2D eigenvalue weighted by Gasteiger charge is -2.17. The number of carbonyl (C=O) groups is 1. The number of nitrogens with two attached hydrogens (primary N) is 2. The Labute approximate surface area is 201 Å². The van der Waals surface area contributed by atoms with Gasteiger partial charge in [0.1, 0.15) is 29.7 Å². The fourth-order valence-corrected chi connectivity index (χ4v) is 3.18. The molecule has 1 saturated heterocycles. The third-order valence-corrected chi connectivity index (χ3v) is 4.83. The van der Waals surface area contributed by atoms with Gasteiger partial charge in [-0.1, -0.05) is 20.3 Å². The predicted octanol–water partition coefficient (Wildman–Crippen LogP) is 3.31. The van der Waals surface area contributed by atoms with Gasteiger partial charge < -0.3 is 26.6 Å². The smallest absolute Gasteiger partial charge is 0.251 e. The van der Waals surface area contributed by atoms with Crippen molar-refractivity contribution < 1.29 is 14.6 Å². The highest BCUT2D eigenvalue weighted by Crippen LogP contribution is 2.27. The molecule has 4 rings (SSSR count). The largest absolute Gasteiger partial charge is 0.491 e. The van der Waals surface area contributed by atoms with Crippen molar-refractivity contribution in [3.05, 3.63) is 42.2 Å².